The molecule has 1 aromatic carbocycles. The van der Waals surface area contributed by atoms with Gasteiger partial charge < -0.3 is 5.32 Å². The lowest BCUT2D eigenvalue weighted by Crippen LogP contribution is -2.35. The van der Waals surface area contributed by atoms with Crippen LogP contribution in [0.2, 0.25) is 10.0 Å². The molecule has 0 spiro atoms. The van der Waals surface area contributed by atoms with Gasteiger partial charge in [0.1, 0.15) is 5.82 Å². The molecule has 1 atom stereocenters. The van der Waals surface area contributed by atoms with Gasteiger partial charge in [-0.15, -0.1) is 0 Å². The highest BCUT2D eigenvalue weighted by Gasteiger charge is 2.25. The van der Waals surface area contributed by atoms with Gasteiger partial charge in [0, 0.05) is 6.04 Å². The van der Waals surface area contributed by atoms with Gasteiger partial charge in [0.25, 0.3) is 0 Å². The summed E-state index contributed by atoms with van der Waals surface area (Å²) in [7, 11) is -3.01. The second-order valence-electron chi connectivity index (χ2n) is 4.34. The Morgan fingerprint density at radius 3 is 2.44 bits per heavy atom. The van der Waals surface area contributed by atoms with Crippen molar-refractivity contribution < 1.29 is 12.8 Å². The maximum Gasteiger partial charge on any atom is 0.152 e. The van der Waals surface area contributed by atoms with Gasteiger partial charge >= 0.3 is 0 Å². The molecule has 0 aromatic heterocycles. The smallest absolute Gasteiger partial charge is 0.152 e. The molecule has 0 saturated carbocycles. The van der Waals surface area contributed by atoms with Crippen LogP contribution in [0.5, 0.6) is 0 Å². The summed E-state index contributed by atoms with van der Waals surface area (Å²) in [6.45, 7) is 0. The molecular formula is C11H12Cl2FNO2S. The van der Waals surface area contributed by atoms with Crippen molar-refractivity contribution in [1.82, 2.24) is 0 Å². The van der Waals surface area contributed by atoms with E-state index in [4.69, 9.17) is 23.2 Å². The molecule has 1 aliphatic rings. The van der Waals surface area contributed by atoms with E-state index in [0.717, 1.165) is 18.6 Å². The summed E-state index contributed by atoms with van der Waals surface area (Å²) >= 11 is 11.8. The van der Waals surface area contributed by atoms with Crippen LogP contribution in [0, 0.1) is 5.82 Å². The normalized spacial score (nSPS) is 22.7. The quantitative estimate of drug-likeness (QED) is 0.912. The Labute approximate surface area is 115 Å². The first-order valence-electron chi connectivity index (χ1n) is 5.49. The third-order valence-electron chi connectivity index (χ3n) is 2.82. The number of sulfone groups is 1. The molecule has 0 bridgehead atoms. The van der Waals surface area contributed by atoms with Gasteiger partial charge in [-0.05, 0) is 25.0 Å². The van der Waals surface area contributed by atoms with Crippen molar-refractivity contribution in [1.29, 1.82) is 0 Å². The summed E-state index contributed by atoms with van der Waals surface area (Å²) in [5, 5.41) is 3.30. The van der Waals surface area contributed by atoms with Crippen LogP contribution in [0.3, 0.4) is 0 Å². The standard InChI is InChI=1S/C11H12Cl2FNO2S/c12-9-4-7(14)5-10(13)11(9)15-8-2-1-3-18(16,17)6-8/h4-5,8,15H,1-3,6H2. The molecule has 100 valence electrons. The van der Waals surface area contributed by atoms with E-state index in [-0.39, 0.29) is 27.6 Å². The molecule has 1 aromatic rings. The molecule has 1 N–H and O–H groups in total. The minimum absolute atomic E-state index is 0.0526. The molecule has 1 fully saturated rings. The minimum Gasteiger partial charge on any atom is -0.379 e. The second kappa shape index (κ2) is 5.23. The Hall–Kier alpha value is -0.520. The van der Waals surface area contributed by atoms with Crippen molar-refractivity contribution in [2.45, 2.75) is 18.9 Å². The zero-order valence-electron chi connectivity index (χ0n) is 9.42. The number of nitrogens with one attached hydrogen (secondary N) is 1. The van der Waals surface area contributed by atoms with Crippen LogP contribution >= 0.6 is 23.2 Å². The zero-order chi connectivity index (χ0) is 13.3. The highest BCUT2D eigenvalue weighted by Crippen LogP contribution is 2.32. The van der Waals surface area contributed by atoms with Gasteiger partial charge in [-0.2, -0.15) is 0 Å². The lowest BCUT2D eigenvalue weighted by atomic mass is 10.1. The largest absolute Gasteiger partial charge is 0.379 e. The van der Waals surface area contributed by atoms with Gasteiger partial charge in [-0.1, -0.05) is 23.2 Å². The molecule has 1 unspecified atom stereocenters. The fourth-order valence-corrected chi connectivity index (χ4v) is 4.23. The van der Waals surface area contributed by atoms with Crippen molar-refractivity contribution in [2.75, 3.05) is 16.8 Å². The van der Waals surface area contributed by atoms with Gasteiger partial charge in [0.2, 0.25) is 0 Å². The molecule has 3 nitrogen and oxygen atoms in total. The van der Waals surface area contributed by atoms with Crippen molar-refractivity contribution in [2.24, 2.45) is 0 Å². The van der Waals surface area contributed by atoms with E-state index in [1.165, 1.54) is 0 Å². The number of rotatable bonds is 2. The summed E-state index contributed by atoms with van der Waals surface area (Å²) in [4.78, 5) is 0. The molecule has 1 saturated heterocycles. The monoisotopic (exact) mass is 311 g/mol. The number of halogens is 3. The van der Waals surface area contributed by atoms with Gasteiger partial charge in [0.15, 0.2) is 9.84 Å². The predicted molar refractivity (Wildman–Crippen MR) is 71.7 cm³/mol. The molecule has 0 amide bonds. The fourth-order valence-electron chi connectivity index (χ4n) is 2.02. The molecular weight excluding hydrogens is 300 g/mol. The third-order valence-corrected chi connectivity index (χ3v) is 5.24. The molecule has 7 heteroatoms. The van der Waals surface area contributed by atoms with Crippen LogP contribution in [0.15, 0.2) is 12.1 Å². The van der Waals surface area contributed by atoms with Crippen molar-refractivity contribution >= 4 is 38.7 Å². The van der Waals surface area contributed by atoms with Crippen molar-refractivity contribution in [3.8, 4) is 0 Å². The highest BCUT2D eigenvalue weighted by molar-refractivity contribution is 7.91. The number of benzene rings is 1. The Balaban J connectivity index is 2.19. The Kier molecular flexibility index (Phi) is 4.04. The molecule has 1 aliphatic heterocycles. The first-order valence-corrected chi connectivity index (χ1v) is 8.06. The van der Waals surface area contributed by atoms with Gasteiger partial charge in [-0.25, -0.2) is 12.8 Å². The number of hydrogen-bond acceptors (Lipinski definition) is 3. The Bertz CT molecular complexity index is 539. The lowest BCUT2D eigenvalue weighted by Gasteiger charge is -2.25. The summed E-state index contributed by atoms with van der Waals surface area (Å²) in [6, 6.07) is 2.06. The van der Waals surface area contributed by atoms with Crippen LogP contribution in [-0.4, -0.2) is 26.0 Å². The number of anilines is 1. The van der Waals surface area contributed by atoms with E-state index in [1.807, 2.05) is 0 Å². The average Bonchev–Trinajstić information content (AvgIpc) is 2.22. The molecule has 2 rings (SSSR count). The van der Waals surface area contributed by atoms with E-state index >= 15 is 0 Å². The van der Waals surface area contributed by atoms with Crippen LogP contribution < -0.4 is 5.32 Å². The van der Waals surface area contributed by atoms with Crippen LogP contribution in [0.25, 0.3) is 0 Å². The van der Waals surface area contributed by atoms with Crippen LogP contribution in [0.4, 0.5) is 10.1 Å². The van der Waals surface area contributed by atoms with Gasteiger partial charge in [0.05, 0.1) is 27.2 Å². The molecule has 18 heavy (non-hydrogen) atoms. The maximum atomic E-state index is 13.0. The van der Waals surface area contributed by atoms with E-state index in [1.54, 1.807) is 0 Å². The predicted octanol–water partition coefficient (Wildman–Crippen LogP) is 3.12. The Morgan fingerprint density at radius 2 is 1.89 bits per heavy atom. The fraction of sp³-hybridized carbons (Fsp3) is 0.455. The second-order valence-corrected chi connectivity index (χ2v) is 7.39. The van der Waals surface area contributed by atoms with Crippen LogP contribution in [0.1, 0.15) is 12.8 Å². The average molecular weight is 312 g/mol. The topological polar surface area (TPSA) is 46.2 Å². The van der Waals surface area contributed by atoms with E-state index < -0.39 is 15.7 Å². The van der Waals surface area contributed by atoms with Crippen molar-refractivity contribution in [3.05, 3.63) is 28.0 Å². The summed E-state index contributed by atoms with van der Waals surface area (Å²) in [6.07, 6.45) is 1.33. The first-order chi connectivity index (χ1) is 8.37. The number of hydrogen-bond donors (Lipinski definition) is 1. The minimum atomic E-state index is -3.01. The van der Waals surface area contributed by atoms with E-state index in [9.17, 15) is 12.8 Å². The summed E-state index contributed by atoms with van der Waals surface area (Å²) < 4.78 is 36.0. The third kappa shape index (κ3) is 3.28. The van der Waals surface area contributed by atoms with Gasteiger partial charge in [-0.3, -0.25) is 0 Å². The van der Waals surface area contributed by atoms with E-state index in [2.05, 4.69) is 5.32 Å². The molecule has 1 heterocycles. The first kappa shape index (κ1) is 13.9. The Morgan fingerprint density at radius 1 is 1.28 bits per heavy atom. The lowest BCUT2D eigenvalue weighted by molar-refractivity contribution is 0.562. The van der Waals surface area contributed by atoms with Crippen molar-refractivity contribution in [3.63, 3.8) is 0 Å². The summed E-state index contributed by atoms with van der Waals surface area (Å²) in [5.74, 6) is -0.251. The molecule has 0 radical (unpaired) electrons. The van der Waals surface area contributed by atoms with Crippen LogP contribution in [-0.2, 0) is 9.84 Å². The highest BCUT2D eigenvalue weighted by atomic mass is 35.5. The zero-order valence-corrected chi connectivity index (χ0v) is 11.7. The SMILES string of the molecule is O=S1(=O)CCCC(Nc2c(Cl)cc(F)cc2Cl)C1. The molecule has 0 aliphatic carbocycles. The van der Waals surface area contributed by atoms with E-state index in [0.29, 0.717) is 12.1 Å². The summed E-state index contributed by atoms with van der Waals surface area (Å²) in [5.41, 5.74) is 0.391. The maximum absolute atomic E-state index is 13.0.